The quantitative estimate of drug-likeness (QED) is 0.878. The van der Waals surface area contributed by atoms with Crippen LogP contribution in [0.3, 0.4) is 0 Å². The van der Waals surface area contributed by atoms with E-state index in [-0.39, 0.29) is 23.5 Å². The van der Waals surface area contributed by atoms with Gasteiger partial charge < -0.3 is 14.6 Å². The highest BCUT2D eigenvalue weighted by Gasteiger charge is 2.31. The molecule has 142 valence electrons. The van der Waals surface area contributed by atoms with Crippen LogP contribution in [0.2, 0.25) is 0 Å². The van der Waals surface area contributed by atoms with Gasteiger partial charge in [-0.25, -0.2) is 9.97 Å². The van der Waals surface area contributed by atoms with E-state index in [1.807, 2.05) is 11.8 Å². The Hall–Kier alpha value is -2.61. The number of nitrogens with one attached hydrogen (secondary N) is 1. The molecule has 0 aromatic carbocycles. The maximum Gasteiger partial charge on any atom is 0.251 e. The number of amides is 1. The lowest BCUT2D eigenvalue weighted by Crippen LogP contribution is -2.43. The lowest BCUT2D eigenvalue weighted by Gasteiger charge is -2.33. The third-order valence-electron chi connectivity index (χ3n) is 5.22. The number of carbonyl (C=O) groups excluding carboxylic acids is 1. The zero-order valence-electron chi connectivity index (χ0n) is 15.4. The van der Waals surface area contributed by atoms with Gasteiger partial charge in [-0.05, 0) is 32.6 Å². The minimum Gasteiger partial charge on any atom is -0.368 e. The molecule has 27 heavy (non-hydrogen) atoms. The summed E-state index contributed by atoms with van der Waals surface area (Å²) in [5.41, 5.74) is 1.90. The fourth-order valence-corrected chi connectivity index (χ4v) is 3.69. The Kier molecular flexibility index (Phi) is 4.98. The zero-order chi connectivity index (χ0) is 18.8. The minimum atomic E-state index is -0.272. The summed E-state index contributed by atoms with van der Waals surface area (Å²) in [6.07, 6.45) is 6.33. The Labute approximate surface area is 157 Å². The molecule has 2 aromatic heterocycles. The van der Waals surface area contributed by atoms with Gasteiger partial charge in [-0.1, -0.05) is 0 Å². The van der Waals surface area contributed by atoms with Crippen LogP contribution in [0, 0.1) is 6.92 Å². The molecule has 2 aliphatic rings. The maximum atomic E-state index is 12.5. The van der Waals surface area contributed by atoms with Crippen LogP contribution in [0.1, 0.15) is 43.0 Å². The molecular weight excluding hydrogens is 346 g/mol. The van der Waals surface area contributed by atoms with Crippen molar-refractivity contribution in [3.8, 4) is 11.5 Å². The molecule has 8 heteroatoms. The fraction of sp³-hybridized carbons (Fsp3) is 0.526. The first-order valence-corrected chi connectivity index (χ1v) is 9.41. The van der Waals surface area contributed by atoms with E-state index in [4.69, 9.17) is 4.74 Å². The van der Waals surface area contributed by atoms with Crippen LogP contribution in [0.15, 0.2) is 23.3 Å². The molecule has 0 bridgehead atoms. The van der Waals surface area contributed by atoms with E-state index in [0.29, 0.717) is 31.2 Å². The van der Waals surface area contributed by atoms with Crippen molar-refractivity contribution < 1.29 is 9.53 Å². The summed E-state index contributed by atoms with van der Waals surface area (Å²) >= 11 is 0. The van der Waals surface area contributed by atoms with E-state index in [9.17, 15) is 9.59 Å². The lowest BCUT2D eigenvalue weighted by atomic mass is 9.93. The second-order valence-corrected chi connectivity index (χ2v) is 7.16. The molecule has 2 fully saturated rings. The van der Waals surface area contributed by atoms with Gasteiger partial charge in [-0.15, -0.1) is 0 Å². The van der Waals surface area contributed by atoms with Crippen LogP contribution in [0.25, 0.3) is 11.5 Å². The van der Waals surface area contributed by atoms with Crippen LogP contribution in [0.4, 0.5) is 0 Å². The summed E-state index contributed by atoms with van der Waals surface area (Å²) in [7, 11) is 0. The lowest BCUT2D eigenvalue weighted by molar-refractivity contribution is -0.142. The number of carbonyl (C=O) groups is 1. The normalized spacial score (nSPS) is 20.8. The summed E-state index contributed by atoms with van der Waals surface area (Å²) in [6, 6.07) is 1.55. The van der Waals surface area contributed by atoms with Gasteiger partial charge in [-0.2, -0.15) is 0 Å². The number of ether oxygens (including phenoxy) is 1. The van der Waals surface area contributed by atoms with E-state index in [1.165, 1.54) is 0 Å². The molecular formula is C19H23N5O3. The molecule has 1 N–H and O–H groups in total. The Morgan fingerprint density at radius 1 is 1.22 bits per heavy atom. The third kappa shape index (κ3) is 3.90. The van der Waals surface area contributed by atoms with Gasteiger partial charge in [0.15, 0.2) is 5.82 Å². The Morgan fingerprint density at radius 3 is 2.70 bits per heavy atom. The van der Waals surface area contributed by atoms with Crippen molar-refractivity contribution in [1.82, 2.24) is 24.8 Å². The minimum absolute atomic E-state index is 0.0976. The van der Waals surface area contributed by atoms with Gasteiger partial charge >= 0.3 is 0 Å². The average molecular weight is 369 g/mol. The van der Waals surface area contributed by atoms with Crippen LogP contribution in [-0.4, -0.2) is 56.5 Å². The maximum absolute atomic E-state index is 12.5. The first-order chi connectivity index (χ1) is 13.1. The average Bonchev–Trinajstić information content (AvgIpc) is 3.22. The number of aryl methyl sites for hydroxylation is 1. The first kappa shape index (κ1) is 17.8. The zero-order valence-corrected chi connectivity index (χ0v) is 15.4. The van der Waals surface area contributed by atoms with Crippen molar-refractivity contribution >= 4 is 5.91 Å². The number of hydrogen-bond donors (Lipinski definition) is 1. The topological polar surface area (TPSA) is 101 Å². The molecule has 2 aromatic rings. The molecule has 0 aliphatic carbocycles. The van der Waals surface area contributed by atoms with Gasteiger partial charge in [-0.3, -0.25) is 14.6 Å². The van der Waals surface area contributed by atoms with Crippen LogP contribution < -0.4 is 5.56 Å². The van der Waals surface area contributed by atoms with E-state index in [1.54, 1.807) is 18.5 Å². The summed E-state index contributed by atoms with van der Waals surface area (Å²) in [5, 5.41) is 0. The summed E-state index contributed by atoms with van der Waals surface area (Å²) < 4.78 is 5.51. The number of rotatable bonds is 3. The van der Waals surface area contributed by atoms with Crippen molar-refractivity contribution in [2.45, 2.75) is 44.6 Å². The van der Waals surface area contributed by atoms with Gasteiger partial charge in [0, 0.05) is 37.9 Å². The molecule has 0 radical (unpaired) electrons. The number of hydrogen-bond acceptors (Lipinski definition) is 6. The molecule has 4 rings (SSSR count). The fourth-order valence-electron chi connectivity index (χ4n) is 3.69. The van der Waals surface area contributed by atoms with Crippen LogP contribution >= 0.6 is 0 Å². The van der Waals surface area contributed by atoms with Crippen molar-refractivity contribution in [3.63, 3.8) is 0 Å². The summed E-state index contributed by atoms with van der Waals surface area (Å²) in [4.78, 5) is 42.3. The predicted octanol–water partition coefficient (Wildman–Crippen LogP) is 1.42. The smallest absolute Gasteiger partial charge is 0.251 e. The van der Waals surface area contributed by atoms with Crippen LogP contribution in [-0.2, 0) is 9.53 Å². The number of nitrogens with zero attached hydrogens (tertiary/aromatic N) is 4. The molecule has 4 heterocycles. The van der Waals surface area contributed by atoms with Crippen molar-refractivity contribution in [2.75, 3.05) is 19.7 Å². The van der Waals surface area contributed by atoms with E-state index in [0.717, 1.165) is 37.1 Å². The number of H-pyrrole nitrogens is 1. The van der Waals surface area contributed by atoms with E-state index in [2.05, 4.69) is 19.9 Å². The Balaban J connectivity index is 1.47. The molecule has 1 amide bonds. The van der Waals surface area contributed by atoms with Crippen molar-refractivity contribution in [3.05, 3.63) is 40.2 Å². The highest BCUT2D eigenvalue weighted by molar-refractivity contribution is 5.81. The standard InChI is InChI=1S/C19H23N5O3/c1-12-10-21-15(11-20-12)18-22-14(9-17(25)23-18)13-4-6-24(7-5-13)19(26)16-3-2-8-27-16/h9-11,13,16H,2-8H2,1H3,(H,22,23,25). The van der Waals surface area contributed by atoms with E-state index >= 15 is 0 Å². The highest BCUT2D eigenvalue weighted by Crippen LogP contribution is 2.28. The van der Waals surface area contributed by atoms with E-state index < -0.39 is 0 Å². The monoisotopic (exact) mass is 369 g/mol. The summed E-state index contributed by atoms with van der Waals surface area (Å²) in [6.45, 7) is 3.86. The largest absolute Gasteiger partial charge is 0.368 e. The molecule has 1 unspecified atom stereocenters. The number of likely N-dealkylation sites (tertiary alicyclic amines) is 1. The second kappa shape index (κ2) is 7.56. The first-order valence-electron chi connectivity index (χ1n) is 9.41. The van der Waals surface area contributed by atoms with Crippen molar-refractivity contribution in [1.29, 1.82) is 0 Å². The SMILES string of the molecule is Cc1cnc(-c2nc(C3CCN(C(=O)C4CCCO4)CC3)cc(=O)[nH]2)cn1. The van der Waals surface area contributed by atoms with Crippen LogP contribution in [0.5, 0.6) is 0 Å². The predicted molar refractivity (Wildman–Crippen MR) is 98.1 cm³/mol. The molecule has 8 nitrogen and oxygen atoms in total. The molecule has 2 aliphatic heterocycles. The third-order valence-corrected chi connectivity index (χ3v) is 5.22. The van der Waals surface area contributed by atoms with Crippen molar-refractivity contribution in [2.24, 2.45) is 0 Å². The highest BCUT2D eigenvalue weighted by atomic mass is 16.5. The molecule has 1 atom stereocenters. The van der Waals surface area contributed by atoms with Gasteiger partial charge in [0.1, 0.15) is 11.8 Å². The number of aromatic nitrogens is 4. The summed E-state index contributed by atoms with van der Waals surface area (Å²) in [5.74, 6) is 0.682. The Bertz CT molecular complexity index is 866. The number of aromatic amines is 1. The molecule has 2 saturated heterocycles. The van der Waals surface area contributed by atoms with Gasteiger partial charge in [0.05, 0.1) is 17.6 Å². The molecule has 0 saturated carbocycles. The van der Waals surface area contributed by atoms with Gasteiger partial charge in [0.25, 0.3) is 11.5 Å². The molecule has 0 spiro atoms. The number of piperidine rings is 1. The second-order valence-electron chi connectivity index (χ2n) is 7.16. The van der Waals surface area contributed by atoms with Gasteiger partial charge in [0.2, 0.25) is 0 Å². The Morgan fingerprint density at radius 2 is 2.04 bits per heavy atom.